The zero-order chi connectivity index (χ0) is 20.1. The van der Waals surface area contributed by atoms with Gasteiger partial charge >= 0.3 is 0 Å². The first-order valence-electron chi connectivity index (χ1n) is 9.57. The van der Waals surface area contributed by atoms with Crippen LogP contribution in [-0.2, 0) is 23.2 Å². The van der Waals surface area contributed by atoms with Crippen molar-refractivity contribution < 1.29 is 9.32 Å². The lowest BCUT2D eigenvalue weighted by Gasteiger charge is -2.23. The smallest absolute Gasteiger partial charge is 0.227 e. The van der Waals surface area contributed by atoms with Gasteiger partial charge in [0.1, 0.15) is 0 Å². The second-order valence-electron chi connectivity index (χ2n) is 8.06. The van der Waals surface area contributed by atoms with E-state index in [1.807, 2.05) is 87.2 Å². The minimum atomic E-state index is -0.174. The first kappa shape index (κ1) is 19.8. The number of benzene rings is 2. The molecule has 0 aliphatic carbocycles. The normalized spacial score (nSPS) is 11.4. The maximum Gasteiger partial charge on any atom is 0.227 e. The van der Waals surface area contributed by atoms with Crippen LogP contribution in [0.1, 0.15) is 50.0 Å². The van der Waals surface area contributed by atoms with Gasteiger partial charge in [-0.25, -0.2) is 0 Å². The Hall–Kier alpha value is -2.95. The lowest BCUT2D eigenvalue weighted by molar-refractivity contribution is -0.118. The Kier molecular flexibility index (Phi) is 5.93. The second-order valence-corrected chi connectivity index (χ2v) is 8.06. The summed E-state index contributed by atoms with van der Waals surface area (Å²) in [6, 6.07) is 18.0. The number of aromatic nitrogens is 2. The Morgan fingerprint density at radius 1 is 1.04 bits per heavy atom. The van der Waals surface area contributed by atoms with E-state index in [-0.39, 0.29) is 11.3 Å². The van der Waals surface area contributed by atoms with E-state index in [9.17, 15) is 4.79 Å². The van der Waals surface area contributed by atoms with Gasteiger partial charge < -0.3 is 9.42 Å². The highest BCUT2D eigenvalue weighted by Gasteiger charge is 2.22. The summed E-state index contributed by atoms with van der Waals surface area (Å²) in [6.45, 7) is 8.67. The van der Waals surface area contributed by atoms with E-state index in [2.05, 4.69) is 10.1 Å². The van der Waals surface area contributed by atoms with E-state index in [4.69, 9.17) is 4.52 Å². The number of carbonyl (C=O) groups is 1. The highest BCUT2D eigenvalue weighted by molar-refractivity contribution is 5.93. The summed E-state index contributed by atoms with van der Waals surface area (Å²) in [5.41, 5.74) is 2.97. The Labute approximate surface area is 166 Å². The molecule has 0 N–H and O–H groups in total. The average molecular weight is 377 g/mol. The van der Waals surface area contributed by atoms with Crippen molar-refractivity contribution in [2.24, 2.45) is 0 Å². The van der Waals surface area contributed by atoms with E-state index < -0.39 is 0 Å². The zero-order valence-corrected chi connectivity index (χ0v) is 17.0. The van der Waals surface area contributed by atoms with Crippen molar-refractivity contribution >= 4 is 11.6 Å². The molecule has 3 aromatic rings. The Morgan fingerprint density at radius 3 is 2.32 bits per heavy atom. The van der Waals surface area contributed by atoms with E-state index in [0.717, 1.165) is 16.8 Å². The van der Waals surface area contributed by atoms with Crippen LogP contribution in [0.15, 0.2) is 59.1 Å². The van der Waals surface area contributed by atoms with Crippen LogP contribution < -0.4 is 4.90 Å². The van der Waals surface area contributed by atoms with Crippen LogP contribution in [0.5, 0.6) is 0 Å². The highest BCUT2D eigenvalue weighted by atomic mass is 16.5. The zero-order valence-electron chi connectivity index (χ0n) is 17.0. The molecule has 1 heterocycles. The molecule has 0 aliphatic rings. The number of aryl methyl sites for hydroxylation is 2. The van der Waals surface area contributed by atoms with Crippen LogP contribution in [0, 0.1) is 6.92 Å². The summed E-state index contributed by atoms with van der Waals surface area (Å²) in [4.78, 5) is 19.3. The van der Waals surface area contributed by atoms with Gasteiger partial charge in [0.2, 0.25) is 11.8 Å². The van der Waals surface area contributed by atoms with Gasteiger partial charge in [0.05, 0.1) is 6.54 Å². The molecule has 146 valence electrons. The molecule has 0 unspecified atom stereocenters. The van der Waals surface area contributed by atoms with Gasteiger partial charge in [0.15, 0.2) is 5.82 Å². The van der Waals surface area contributed by atoms with Crippen molar-refractivity contribution in [2.75, 3.05) is 4.90 Å². The lowest BCUT2D eigenvalue weighted by atomic mass is 9.96. The highest BCUT2D eigenvalue weighted by Crippen LogP contribution is 2.21. The van der Waals surface area contributed by atoms with Gasteiger partial charge in [0, 0.05) is 23.9 Å². The van der Waals surface area contributed by atoms with Crippen LogP contribution in [0.4, 0.5) is 5.69 Å². The molecule has 5 heteroatoms. The fraction of sp³-hybridized carbons (Fsp3) is 0.348. The summed E-state index contributed by atoms with van der Waals surface area (Å²) >= 11 is 0. The summed E-state index contributed by atoms with van der Waals surface area (Å²) in [6.07, 6.45) is 0.742. The van der Waals surface area contributed by atoms with E-state index in [1.165, 1.54) is 0 Å². The van der Waals surface area contributed by atoms with Crippen molar-refractivity contribution in [3.05, 3.63) is 77.4 Å². The Morgan fingerprint density at radius 2 is 1.71 bits per heavy atom. The predicted molar refractivity (Wildman–Crippen MR) is 110 cm³/mol. The number of nitrogens with zero attached hydrogens (tertiary/aromatic N) is 3. The van der Waals surface area contributed by atoms with Crippen molar-refractivity contribution in [1.82, 2.24) is 10.1 Å². The van der Waals surface area contributed by atoms with Gasteiger partial charge in [-0.15, -0.1) is 0 Å². The first-order valence-corrected chi connectivity index (χ1v) is 9.57. The average Bonchev–Trinajstić information content (AvgIpc) is 3.15. The molecule has 0 aliphatic heterocycles. The second kappa shape index (κ2) is 8.38. The van der Waals surface area contributed by atoms with E-state index >= 15 is 0 Å². The number of hydrogen-bond donors (Lipinski definition) is 0. The van der Waals surface area contributed by atoms with Gasteiger partial charge in [-0.2, -0.15) is 4.98 Å². The van der Waals surface area contributed by atoms with Crippen molar-refractivity contribution in [3.63, 3.8) is 0 Å². The maximum atomic E-state index is 13.0. The molecule has 0 radical (unpaired) electrons. The quantitative estimate of drug-likeness (QED) is 0.617. The van der Waals surface area contributed by atoms with Gasteiger partial charge in [-0.05, 0) is 24.6 Å². The molecule has 0 atom stereocenters. The number of anilines is 1. The standard InChI is InChI=1S/C23H27N3O2/c1-17-10-12-19(13-11-17)26(16-18-8-6-5-7-9-18)21(27)15-14-20-24-22(25-28-20)23(2,3)4/h5-13H,14-16H2,1-4H3. The van der Waals surface area contributed by atoms with Crippen molar-refractivity contribution in [1.29, 1.82) is 0 Å². The SMILES string of the molecule is Cc1ccc(N(Cc2ccccc2)C(=O)CCc2nc(C(C)(C)C)no2)cc1. The van der Waals surface area contributed by atoms with Crippen molar-refractivity contribution in [3.8, 4) is 0 Å². The van der Waals surface area contributed by atoms with Crippen LogP contribution in [0.25, 0.3) is 0 Å². The summed E-state index contributed by atoms with van der Waals surface area (Å²) < 4.78 is 5.33. The fourth-order valence-corrected chi connectivity index (χ4v) is 2.82. The minimum absolute atomic E-state index is 0.0308. The summed E-state index contributed by atoms with van der Waals surface area (Å²) in [5.74, 6) is 1.19. The number of carbonyl (C=O) groups excluding carboxylic acids is 1. The molecular formula is C23H27N3O2. The summed E-state index contributed by atoms with van der Waals surface area (Å²) in [7, 11) is 0. The molecule has 0 saturated carbocycles. The van der Waals surface area contributed by atoms with Crippen LogP contribution in [-0.4, -0.2) is 16.0 Å². The molecule has 0 bridgehead atoms. The largest absolute Gasteiger partial charge is 0.339 e. The van der Waals surface area contributed by atoms with Crippen molar-refractivity contribution in [2.45, 2.75) is 52.5 Å². The number of amides is 1. The number of rotatable bonds is 6. The number of hydrogen-bond acceptors (Lipinski definition) is 4. The fourth-order valence-electron chi connectivity index (χ4n) is 2.82. The van der Waals surface area contributed by atoms with Gasteiger partial charge in [0.25, 0.3) is 0 Å². The van der Waals surface area contributed by atoms with Crippen LogP contribution >= 0.6 is 0 Å². The van der Waals surface area contributed by atoms with Gasteiger partial charge in [-0.1, -0.05) is 74.0 Å². The molecule has 2 aromatic carbocycles. The molecule has 3 rings (SSSR count). The third-order valence-corrected chi connectivity index (χ3v) is 4.52. The first-order chi connectivity index (χ1) is 13.3. The van der Waals surface area contributed by atoms with E-state index in [1.54, 1.807) is 0 Å². The topological polar surface area (TPSA) is 59.2 Å². The molecular weight excluding hydrogens is 350 g/mol. The molecule has 1 aromatic heterocycles. The molecule has 1 amide bonds. The van der Waals surface area contributed by atoms with Crippen LogP contribution in [0.2, 0.25) is 0 Å². The monoisotopic (exact) mass is 377 g/mol. The molecule has 0 fully saturated rings. The maximum absolute atomic E-state index is 13.0. The summed E-state index contributed by atoms with van der Waals surface area (Å²) in [5, 5.41) is 4.03. The third kappa shape index (κ3) is 5.06. The minimum Gasteiger partial charge on any atom is -0.339 e. The molecule has 0 saturated heterocycles. The van der Waals surface area contributed by atoms with Gasteiger partial charge in [-0.3, -0.25) is 4.79 Å². The molecule has 28 heavy (non-hydrogen) atoms. The van der Waals surface area contributed by atoms with Crippen LogP contribution in [0.3, 0.4) is 0 Å². The Bertz CT molecular complexity index is 909. The molecule has 5 nitrogen and oxygen atoms in total. The Balaban J connectivity index is 1.74. The predicted octanol–water partition coefficient (Wildman–Crippen LogP) is 4.84. The lowest BCUT2D eigenvalue weighted by Crippen LogP contribution is -2.30. The third-order valence-electron chi connectivity index (χ3n) is 4.52. The van der Waals surface area contributed by atoms with E-state index in [0.29, 0.717) is 31.1 Å². The molecule has 0 spiro atoms.